The monoisotopic (exact) mass is 316 g/mol. The third kappa shape index (κ3) is 2.63. The molecule has 0 spiro atoms. The number of halogens is 2. The van der Waals surface area contributed by atoms with Gasteiger partial charge >= 0.3 is 0 Å². The van der Waals surface area contributed by atoms with Crippen LogP contribution >= 0.6 is 38.9 Å². The molecule has 2 aromatic rings. The maximum absolute atomic E-state index is 5.98. The largest absolute Gasteiger partial charge is 0.315 e. The van der Waals surface area contributed by atoms with Crippen LogP contribution < -0.4 is 5.32 Å². The van der Waals surface area contributed by atoms with Crippen molar-refractivity contribution in [2.24, 2.45) is 0 Å². The molecule has 84 valence electrons. The number of rotatable bonds is 3. The van der Waals surface area contributed by atoms with Crippen LogP contribution in [-0.2, 0) is 6.54 Å². The van der Waals surface area contributed by atoms with E-state index in [1.807, 2.05) is 31.4 Å². The van der Waals surface area contributed by atoms with Crippen molar-refractivity contribution in [3.63, 3.8) is 0 Å². The van der Waals surface area contributed by atoms with E-state index >= 15 is 0 Å². The first kappa shape index (κ1) is 12.0. The van der Waals surface area contributed by atoms with Gasteiger partial charge in [-0.05, 0) is 25.2 Å². The van der Waals surface area contributed by atoms with E-state index in [0.29, 0.717) is 0 Å². The molecular formula is C11H10BrClN2S. The fraction of sp³-hybridized carbons (Fsp3) is 0.182. The first-order valence-corrected chi connectivity index (χ1v) is 6.74. The van der Waals surface area contributed by atoms with Crippen LogP contribution in [0.3, 0.4) is 0 Å². The standard InChI is InChI=1S/C11H10BrClN2S/c1-14-5-8-6-15-11(16-8)9-4-7(13)2-3-10(9)12/h2-4,6,14H,5H2,1H3. The maximum atomic E-state index is 5.98. The Morgan fingerprint density at radius 1 is 1.50 bits per heavy atom. The van der Waals surface area contributed by atoms with Crippen LogP contribution in [0.4, 0.5) is 0 Å². The van der Waals surface area contributed by atoms with Gasteiger partial charge in [-0.25, -0.2) is 4.98 Å². The summed E-state index contributed by atoms with van der Waals surface area (Å²) in [4.78, 5) is 5.61. The van der Waals surface area contributed by atoms with E-state index in [1.165, 1.54) is 4.88 Å². The van der Waals surface area contributed by atoms with Crippen molar-refractivity contribution in [2.75, 3.05) is 7.05 Å². The molecule has 0 radical (unpaired) electrons. The summed E-state index contributed by atoms with van der Waals surface area (Å²) in [6.07, 6.45) is 1.89. The molecule has 0 aliphatic carbocycles. The van der Waals surface area contributed by atoms with Crippen LogP contribution in [0.15, 0.2) is 28.9 Å². The van der Waals surface area contributed by atoms with Crippen molar-refractivity contribution in [3.05, 3.63) is 38.8 Å². The van der Waals surface area contributed by atoms with E-state index in [4.69, 9.17) is 11.6 Å². The number of hydrogen-bond acceptors (Lipinski definition) is 3. The average molecular weight is 318 g/mol. The molecule has 0 aliphatic heterocycles. The Labute approximate surface area is 112 Å². The Morgan fingerprint density at radius 3 is 3.06 bits per heavy atom. The minimum atomic E-state index is 0.726. The fourth-order valence-corrected chi connectivity index (χ4v) is 3.04. The number of thiazole rings is 1. The van der Waals surface area contributed by atoms with Gasteiger partial charge in [0.05, 0.1) is 0 Å². The normalized spacial score (nSPS) is 10.7. The molecule has 5 heteroatoms. The highest BCUT2D eigenvalue weighted by atomic mass is 79.9. The van der Waals surface area contributed by atoms with E-state index in [0.717, 1.165) is 26.6 Å². The highest BCUT2D eigenvalue weighted by Gasteiger charge is 2.08. The van der Waals surface area contributed by atoms with Gasteiger partial charge in [0.25, 0.3) is 0 Å². The number of benzene rings is 1. The lowest BCUT2D eigenvalue weighted by molar-refractivity contribution is 0.829. The van der Waals surface area contributed by atoms with Gasteiger partial charge in [-0.1, -0.05) is 27.5 Å². The molecule has 2 rings (SSSR count). The van der Waals surface area contributed by atoms with Crippen LogP contribution in [-0.4, -0.2) is 12.0 Å². The number of nitrogens with zero attached hydrogens (tertiary/aromatic N) is 1. The van der Waals surface area contributed by atoms with E-state index in [2.05, 4.69) is 26.2 Å². The van der Waals surface area contributed by atoms with E-state index < -0.39 is 0 Å². The summed E-state index contributed by atoms with van der Waals surface area (Å²) >= 11 is 11.2. The first-order chi connectivity index (χ1) is 7.70. The molecule has 1 N–H and O–H groups in total. The van der Waals surface area contributed by atoms with Gasteiger partial charge in [0.1, 0.15) is 5.01 Å². The van der Waals surface area contributed by atoms with Crippen LogP contribution in [0, 0.1) is 0 Å². The van der Waals surface area contributed by atoms with Crippen molar-refractivity contribution < 1.29 is 0 Å². The summed E-state index contributed by atoms with van der Waals surface area (Å²) in [6.45, 7) is 0.843. The molecule has 1 heterocycles. The van der Waals surface area contributed by atoms with E-state index in [1.54, 1.807) is 11.3 Å². The molecule has 16 heavy (non-hydrogen) atoms. The van der Waals surface area contributed by atoms with E-state index in [-0.39, 0.29) is 0 Å². The van der Waals surface area contributed by atoms with Crippen LogP contribution in [0.25, 0.3) is 10.6 Å². The summed E-state index contributed by atoms with van der Waals surface area (Å²) < 4.78 is 1.02. The van der Waals surface area contributed by atoms with Gasteiger partial charge < -0.3 is 5.32 Å². The Morgan fingerprint density at radius 2 is 2.31 bits per heavy atom. The van der Waals surface area contributed by atoms with Crippen LogP contribution in [0.5, 0.6) is 0 Å². The molecule has 1 aromatic heterocycles. The van der Waals surface area contributed by atoms with Crippen molar-refractivity contribution in [1.29, 1.82) is 0 Å². The summed E-state index contributed by atoms with van der Waals surface area (Å²) in [5.74, 6) is 0. The zero-order valence-electron chi connectivity index (χ0n) is 8.63. The van der Waals surface area contributed by atoms with Gasteiger partial charge in [0, 0.05) is 32.7 Å². The zero-order chi connectivity index (χ0) is 11.5. The molecule has 0 saturated heterocycles. The summed E-state index contributed by atoms with van der Waals surface area (Å²) in [7, 11) is 1.93. The smallest absolute Gasteiger partial charge is 0.124 e. The molecule has 0 bridgehead atoms. The Bertz CT molecular complexity index is 498. The van der Waals surface area contributed by atoms with Crippen molar-refractivity contribution in [1.82, 2.24) is 10.3 Å². The van der Waals surface area contributed by atoms with Gasteiger partial charge in [0.2, 0.25) is 0 Å². The lowest BCUT2D eigenvalue weighted by Crippen LogP contribution is -2.02. The molecule has 0 saturated carbocycles. The molecule has 0 atom stereocenters. The molecule has 0 amide bonds. The summed E-state index contributed by atoms with van der Waals surface area (Å²) in [6, 6.07) is 5.72. The molecule has 0 unspecified atom stereocenters. The van der Waals surface area contributed by atoms with Gasteiger partial charge in [0.15, 0.2) is 0 Å². The quantitative estimate of drug-likeness (QED) is 0.927. The first-order valence-electron chi connectivity index (χ1n) is 4.75. The second-order valence-corrected chi connectivity index (χ2v) is 5.69. The molecule has 0 fully saturated rings. The Balaban J connectivity index is 2.38. The molecular weight excluding hydrogens is 308 g/mol. The molecule has 0 aliphatic rings. The maximum Gasteiger partial charge on any atom is 0.124 e. The zero-order valence-corrected chi connectivity index (χ0v) is 11.8. The number of nitrogens with one attached hydrogen (secondary N) is 1. The lowest BCUT2D eigenvalue weighted by Gasteiger charge is -2.00. The summed E-state index contributed by atoms with van der Waals surface area (Å²) in [5.41, 5.74) is 1.04. The molecule has 1 aromatic carbocycles. The topological polar surface area (TPSA) is 24.9 Å². The highest BCUT2D eigenvalue weighted by Crippen LogP contribution is 2.33. The Hall–Kier alpha value is -0.420. The molecule has 2 nitrogen and oxygen atoms in total. The minimum absolute atomic E-state index is 0.726. The van der Waals surface area contributed by atoms with Gasteiger partial charge in [-0.15, -0.1) is 11.3 Å². The van der Waals surface area contributed by atoms with Gasteiger partial charge in [-0.2, -0.15) is 0 Å². The second-order valence-electron chi connectivity index (χ2n) is 3.29. The third-order valence-electron chi connectivity index (χ3n) is 2.06. The number of hydrogen-bond donors (Lipinski definition) is 1. The fourth-order valence-electron chi connectivity index (χ4n) is 1.35. The average Bonchev–Trinajstić information content (AvgIpc) is 2.71. The van der Waals surface area contributed by atoms with Crippen molar-refractivity contribution in [3.8, 4) is 10.6 Å². The van der Waals surface area contributed by atoms with Crippen LogP contribution in [0.2, 0.25) is 5.02 Å². The summed E-state index contributed by atoms with van der Waals surface area (Å²) in [5, 5.41) is 4.82. The minimum Gasteiger partial charge on any atom is -0.315 e. The van der Waals surface area contributed by atoms with Crippen LogP contribution in [0.1, 0.15) is 4.88 Å². The number of aromatic nitrogens is 1. The second kappa shape index (κ2) is 5.27. The van der Waals surface area contributed by atoms with E-state index in [9.17, 15) is 0 Å². The van der Waals surface area contributed by atoms with Crippen molar-refractivity contribution in [2.45, 2.75) is 6.54 Å². The predicted molar refractivity (Wildman–Crippen MR) is 73.0 cm³/mol. The van der Waals surface area contributed by atoms with Crippen molar-refractivity contribution >= 4 is 38.9 Å². The Kier molecular flexibility index (Phi) is 3.97. The predicted octanol–water partition coefficient (Wildman–Crippen LogP) is 3.95. The SMILES string of the molecule is CNCc1cnc(-c2cc(Cl)ccc2Br)s1. The highest BCUT2D eigenvalue weighted by molar-refractivity contribution is 9.10. The third-order valence-corrected chi connectivity index (χ3v) is 4.02. The van der Waals surface area contributed by atoms with Gasteiger partial charge in [-0.3, -0.25) is 0 Å². The lowest BCUT2D eigenvalue weighted by atomic mass is 10.2.